The van der Waals surface area contributed by atoms with Crippen molar-refractivity contribution in [2.75, 3.05) is 13.1 Å². The van der Waals surface area contributed by atoms with Crippen molar-refractivity contribution < 1.29 is 19.5 Å². The SMILES string of the molecule is Cc1ccc(O)cc1C(=O)N1CCC2(CC1)C(=O)NC(=O)N2Cc1ccccc1. The van der Waals surface area contributed by atoms with Gasteiger partial charge in [-0.15, -0.1) is 0 Å². The van der Waals surface area contributed by atoms with Gasteiger partial charge in [-0.25, -0.2) is 4.79 Å². The Balaban J connectivity index is 1.53. The molecule has 2 aliphatic rings. The van der Waals surface area contributed by atoms with Crippen LogP contribution in [0.25, 0.3) is 0 Å². The fraction of sp³-hybridized carbons (Fsp3) is 0.318. The molecular weight excluding hydrogens is 370 g/mol. The van der Waals surface area contributed by atoms with E-state index in [-0.39, 0.29) is 23.6 Å². The van der Waals surface area contributed by atoms with E-state index in [4.69, 9.17) is 0 Å². The van der Waals surface area contributed by atoms with Gasteiger partial charge in [0.2, 0.25) is 0 Å². The lowest BCUT2D eigenvalue weighted by atomic mass is 9.85. The summed E-state index contributed by atoms with van der Waals surface area (Å²) >= 11 is 0. The number of imide groups is 1. The maximum absolute atomic E-state index is 12.9. The molecule has 2 heterocycles. The van der Waals surface area contributed by atoms with Crippen molar-refractivity contribution in [2.24, 2.45) is 0 Å². The second kappa shape index (κ2) is 7.24. The van der Waals surface area contributed by atoms with Gasteiger partial charge >= 0.3 is 6.03 Å². The van der Waals surface area contributed by atoms with Gasteiger partial charge in [0.05, 0.1) is 0 Å². The van der Waals surface area contributed by atoms with Crippen LogP contribution in [0.3, 0.4) is 0 Å². The monoisotopic (exact) mass is 393 g/mol. The number of piperidine rings is 1. The highest BCUT2D eigenvalue weighted by molar-refractivity contribution is 6.07. The first-order chi connectivity index (χ1) is 13.9. The maximum atomic E-state index is 12.9. The Kier molecular flexibility index (Phi) is 4.74. The Labute approximate surface area is 168 Å². The number of phenols is 1. The Bertz CT molecular complexity index is 965. The molecule has 2 fully saturated rings. The van der Waals surface area contributed by atoms with E-state index in [0.29, 0.717) is 38.0 Å². The summed E-state index contributed by atoms with van der Waals surface area (Å²) in [6, 6.07) is 13.9. The highest BCUT2D eigenvalue weighted by Gasteiger charge is 2.54. The molecule has 0 aromatic heterocycles. The molecule has 2 saturated heterocycles. The fourth-order valence-corrected chi connectivity index (χ4v) is 4.17. The second-order valence-electron chi connectivity index (χ2n) is 7.65. The van der Waals surface area contributed by atoms with Crippen molar-refractivity contribution in [3.05, 3.63) is 65.2 Å². The zero-order valence-electron chi connectivity index (χ0n) is 16.2. The zero-order chi connectivity index (χ0) is 20.6. The van der Waals surface area contributed by atoms with Gasteiger partial charge in [-0.3, -0.25) is 14.9 Å². The van der Waals surface area contributed by atoms with Crippen molar-refractivity contribution in [2.45, 2.75) is 31.8 Å². The molecule has 0 radical (unpaired) electrons. The summed E-state index contributed by atoms with van der Waals surface area (Å²) in [5.41, 5.74) is 1.25. The number of hydrogen-bond donors (Lipinski definition) is 2. The minimum absolute atomic E-state index is 0.0437. The summed E-state index contributed by atoms with van der Waals surface area (Å²) in [6.45, 7) is 2.89. The molecule has 4 amide bonds. The van der Waals surface area contributed by atoms with Crippen LogP contribution < -0.4 is 5.32 Å². The van der Waals surface area contributed by atoms with Crippen LogP contribution in [0.1, 0.15) is 34.3 Å². The summed E-state index contributed by atoms with van der Waals surface area (Å²) in [7, 11) is 0. The molecule has 2 aromatic rings. The van der Waals surface area contributed by atoms with Gasteiger partial charge in [-0.1, -0.05) is 36.4 Å². The standard InChI is InChI=1S/C22H23N3O4/c1-15-7-8-17(26)13-18(15)19(27)24-11-9-22(10-12-24)20(28)23-21(29)25(22)14-16-5-3-2-4-6-16/h2-8,13,26H,9-12,14H2,1H3,(H,23,28,29). The number of benzene rings is 2. The highest BCUT2D eigenvalue weighted by Crippen LogP contribution is 2.35. The number of likely N-dealkylation sites (tertiary alicyclic amines) is 1. The fourth-order valence-electron chi connectivity index (χ4n) is 4.17. The average molecular weight is 393 g/mol. The molecule has 0 saturated carbocycles. The first kappa shape index (κ1) is 19.0. The maximum Gasteiger partial charge on any atom is 0.325 e. The van der Waals surface area contributed by atoms with Crippen LogP contribution in [-0.2, 0) is 11.3 Å². The third kappa shape index (κ3) is 3.33. The first-order valence-corrected chi connectivity index (χ1v) is 9.66. The second-order valence-corrected chi connectivity index (χ2v) is 7.65. The summed E-state index contributed by atoms with van der Waals surface area (Å²) in [4.78, 5) is 41.4. The summed E-state index contributed by atoms with van der Waals surface area (Å²) in [5.74, 6) is -0.422. The largest absolute Gasteiger partial charge is 0.508 e. The highest BCUT2D eigenvalue weighted by atomic mass is 16.3. The van der Waals surface area contributed by atoms with Crippen LogP contribution >= 0.6 is 0 Å². The lowest BCUT2D eigenvalue weighted by Crippen LogP contribution is -2.57. The lowest BCUT2D eigenvalue weighted by Gasteiger charge is -2.42. The molecule has 0 bridgehead atoms. The molecule has 2 aliphatic heterocycles. The average Bonchev–Trinajstić information content (AvgIpc) is 2.94. The van der Waals surface area contributed by atoms with Gasteiger partial charge in [0.25, 0.3) is 11.8 Å². The summed E-state index contributed by atoms with van der Waals surface area (Å²) < 4.78 is 0. The van der Waals surface area contributed by atoms with E-state index in [0.717, 1.165) is 11.1 Å². The van der Waals surface area contributed by atoms with Crippen molar-refractivity contribution in [1.29, 1.82) is 0 Å². The quantitative estimate of drug-likeness (QED) is 0.784. The molecule has 1 spiro atoms. The minimum Gasteiger partial charge on any atom is -0.508 e. The van der Waals surface area contributed by atoms with Crippen molar-refractivity contribution in [1.82, 2.24) is 15.1 Å². The van der Waals surface area contributed by atoms with Gasteiger partial charge < -0.3 is 14.9 Å². The predicted octanol–water partition coefficient (Wildman–Crippen LogP) is 2.43. The number of nitrogens with zero attached hydrogens (tertiary/aromatic N) is 2. The lowest BCUT2D eigenvalue weighted by molar-refractivity contribution is -0.129. The van der Waals surface area contributed by atoms with Crippen LogP contribution in [-0.4, -0.2) is 51.4 Å². The zero-order valence-corrected chi connectivity index (χ0v) is 16.2. The van der Waals surface area contributed by atoms with Gasteiger partial charge in [-0.2, -0.15) is 0 Å². The molecule has 0 unspecified atom stereocenters. The van der Waals surface area contributed by atoms with Gasteiger partial charge in [-0.05, 0) is 43.0 Å². The molecule has 0 atom stereocenters. The third-order valence-corrected chi connectivity index (χ3v) is 5.92. The summed E-state index contributed by atoms with van der Waals surface area (Å²) in [5, 5.41) is 12.2. The van der Waals surface area contributed by atoms with Gasteiger partial charge in [0.15, 0.2) is 0 Å². The van der Waals surface area contributed by atoms with Crippen LogP contribution in [0, 0.1) is 6.92 Å². The molecule has 7 heteroatoms. The van der Waals surface area contributed by atoms with E-state index >= 15 is 0 Å². The molecule has 4 rings (SSSR count). The Morgan fingerprint density at radius 3 is 2.48 bits per heavy atom. The predicted molar refractivity (Wildman–Crippen MR) is 106 cm³/mol. The number of carbonyl (C=O) groups excluding carboxylic acids is 3. The van der Waals surface area contributed by atoms with E-state index in [1.165, 1.54) is 6.07 Å². The van der Waals surface area contributed by atoms with Crippen LogP contribution in [0.15, 0.2) is 48.5 Å². The molecular formula is C22H23N3O4. The molecule has 29 heavy (non-hydrogen) atoms. The van der Waals surface area contributed by atoms with E-state index in [9.17, 15) is 19.5 Å². The summed E-state index contributed by atoms with van der Waals surface area (Å²) in [6.07, 6.45) is 0.752. The minimum atomic E-state index is -0.933. The molecule has 2 aromatic carbocycles. The van der Waals surface area contributed by atoms with Gasteiger partial charge in [0.1, 0.15) is 11.3 Å². The van der Waals surface area contributed by atoms with Crippen molar-refractivity contribution in [3.8, 4) is 5.75 Å². The van der Waals surface area contributed by atoms with E-state index < -0.39 is 5.54 Å². The number of nitrogens with one attached hydrogen (secondary N) is 1. The number of aryl methyl sites for hydroxylation is 1. The molecule has 2 N–H and O–H groups in total. The number of rotatable bonds is 3. The van der Waals surface area contributed by atoms with Crippen molar-refractivity contribution >= 4 is 17.8 Å². The number of aromatic hydroxyl groups is 1. The van der Waals surface area contributed by atoms with Crippen molar-refractivity contribution in [3.63, 3.8) is 0 Å². The number of phenolic OH excluding ortho intramolecular Hbond substituents is 1. The van der Waals surface area contributed by atoms with Crippen LogP contribution in [0.4, 0.5) is 4.79 Å². The van der Waals surface area contributed by atoms with E-state index in [2.05, 4.69) is 5.32 Å². The first-order valence-electron chi connectivity index (χ1n) is 9.66. The molecule has 0 aliphatic carbocycles. The molecule has 150 valence electrons. The van der Waals surface area contributed by atoms with E-state index in [1.54, 1.807) is 21.9 Å². The smallest absolute Gasteiger partial charge is 0.325 e. The Morgan fingerprint density at radius 2 is 1.79 bits per heavy atom. The van der Waals surface area contributed by atoms with Crippen LogP contribution in [0.2, 0.25) is 0 Å². The molecule has 7 nitrogen and oxygen atoms in total. The number of hydrogen-bond acceptors (Lipinski definition) is 4. The Hall–Kier alpha value is -3.35. The van der Waals surface area contributed by atoms with Gasteiger partial charge in [0, 0.05) is 25.2 Å². The number of amides is 4. The number of urea groups is 1. The normalized spacial score (nSPS) is 18.2. The third-order valence-electron chi connectivity index (χ3n) is 5.92. The number of carbonyl (C=O) groups is 3. The van der Waals surface area contributed by atoms with Crippen LogP contribution in [0.5, 0.6) is 5.75 Å². The topological polar surface area (TPSA) is 90.0 Å². The Morgan fingerprint density at radius 1 is 1.10 bits per heavy atom. The van der Waals surface area contributed by atoms with E-state index in [1.807, 2.05) is 37.3 Å².